The minimum atomic E-state index is -2.85. The summed E-state index contributed by atoms with van der Waals surface area (Å²) in [5.74, 6) is -3.70. The molecule has 6 rings (SSSR count). The van der Waals surface area contributed by atoms with E-state index >= 15 is 4.39 Å². The zero-order chi connectivity index (χ0) is 33.3. The largest absolute Gasteiger partial charge is 0.462 e. The van der Waals surface area contributed by atoms with E-state index in [0.29, 0.717) is 5.56 Å². The van der Waals surface area contributed by atoms with Crippen molar-refractivity contribution in [3.8, 4) is 23.3 Å². The van der Waals surface area contributed by atoms with Crippen LogP contribution < -0.4 is 9.64 Å². The first-order valence-corrected chi connectivity index (χ1v) is 15.3. The van der Waals surface area contributed by atoms with E-state index in [0.717, 1.165) is 28.5 Å². The van der Waals surface area contributed by atoms with Crippen LogP contribution in [0.2, 0.25) is 0 Å². The summed E-state index contributed by atoms with van der Waals surface area (Å²) < 4.78 is 63.4. The maximum Gasteiger partial charge on any atom is 0.319 e. The average Bonchev–Trinajstić information content (AvgIpc) is 3.33. The number of piperazine rings is 1. The highest BCUT2D eigenvalue weighted by Gasteiger charge is 2.43. The lowest BCUT2D eigenvalue weighted by atomic mass is 9.97. The highest BCUT2D eigenvalue weighted by molar-refractivity contribution is 6.00. The number of halogens is 4. The van der Waals surface area contributed by atoms with E-state index < -0.39 is 49.4 Å². The molecule has 47 heavy (non-hydrogen) atoms. The predicted octanol–water partition coefficient (Wildman–Crippen LogP) is 5.47. The number of alkyl halides is 3. The molecule has 1 amide bonds. The summed E-state index contributed by atoms with van der Waals surface area (Å²) in [5.41, 5.74) is 1.55. The van der Waals surface area contributed by atoms with E-state index in [4.69, 9.17) is 4.74 Å². The van der Waals surface area contributed by atoms with Gasteiger partial charge >= 0.3 is 6.01 Å². The number of hydrogen-bond acceptors (Lipinski definition) is 8. The quantitative estimate of drug-likeness (QED) is 0.184. The Hall–Kier alpha value is -4.83. The van der Waals surface area contributed by atoms with Gasteiger partial charge in [0.05, 0.1) is 30.5 Å². The van der Waals surface area contributed by atoms with Gasteiger partial charge in [0.15, 0.2) is 5.82 Å². The van der Waals surface area contributed by atoms with Crippen LogP contribution in [0.4, 0.5) is 23.4 Å². The summed E-state index contributed by atoms with van der Waals surface area (Å²) in [7, 11) is 1.59. The smallest absolute Gasteiger partial charge is 0.319 e. The Morgan fingerprint density at radius 2 is 1.96 bits per heavy atom. The van der Waals surface area contributed by atoms with E-state index in [1.165, 1.54) is 16.0 Å². The third kappa shape index (κ3) is 6.42. The zero-order valence-corrected chi connectivity index (χ0v) is 26.0. The third-order valence-electron chi connectivity index (χ3n) is 8.80. The van der Waals surface area contributed by atoms with E-state index in [9.17, 15) is 23.2 Å². The van der Waals surface area contributed by atoms with Crippen LogP contribution in [0.3, 0.4) is 0 Å². The normalized spacial score (nSPS) is 19.9. The fourth-order valence-electron chi connectivity index (χ4n) is 6.52. The SMILES string of the molecule is Cc1cccc2cccc(-c3ncc4c(N5CCN(C(=O)/C=C/CF)[C@@H](CC#N)C5)nc(OC[C@@H]5CC(F)(F)CN5C)nc4c3F)c12. The number of benzene rings is 2. The number of carbonyl (C=O) groups is 1. The summed E-state index contributed by atoms with van der Waals surface area (Å²) >= 11 is 0. The van der Waals surface area contributed by atoms with Crippen molar-refractivity contribution in [2.24, 2.45) is 0 Å². The van der Waals surface area contributed by atoms with Crippen LogP contribution in [0.15, 0.2) is 54.7 Å². The first kappa shape index (κ1) is 32.1. The second kappa shape index (κ2) is 13.1. The standard InChI is InChI=1S/C34H33F4N7O2/c1-21-6-3-7-22-8-4-9-25(28(21)22)30-29(36)31-26(17-40-30)32(42-33(41-31)47-19-24-16-34(37,38)20-43(24)2)44-14-15-45(23(18-44)11-13-39)27(46)10-5-12-35/h3-10,17,23-24H,11-12,14-16,18-20H2,1-2H3/b10-5+/t23-,24-/m0/s1. The zero-order valence-electron chi connectivity index (χ0n) is 26.0. The van der Waals surface area contributed by atoms with Crippen molar-refractivity contribution in [1.29, 1.82) is 5.26 Å². The molecule has 4 aromatic rings. The molecule has 0 radical (unpaired) electrons. The number of ether oxygens (including phenoxy) is 1. The number of aryl methyl sites for hydroxylation is 1. The number of likely N-dealkylation sites (N-methyl/N-ethyl adjacent to an activating group) is 1. The Kier molecular flexibility index (Phi) is 8.96. The first-order chi connectivity index (χ1) is 22.6. The van der Waals surface area contributed by atoms with Crippen LogP contribution in [0.5, 0.6) is 6.01 Å². The van der Waals surface area contributed by atoms with Gasteiger partial charge < -0.3 is 14.5 Å². The Morgan fingerprint density at radius 1 is 1.17 bits per heavy atom. The molecule has 2 aromatic carbocycles. The minimum Gasteiger partial charge on any atom is -0.462 e. The van der Waals surface area contributed by atoms with Crippen LogP contribution in [0.1, 0.15) is 18.4 Å². The fourth-order valence-corrected chi connectivity index (χ4v) is 6.52. The number of rotatable bonds is 8. The molecule has 0 unspecified atom stereocenters. The molecule has 2 aliphatic rings. The summed E-state index contributed by atoms with van der Waals surface area (Å²) in [6.45, 7) is 1.22. The molecule has 0 saturated carbocycles. The van der Waals surface area contributed by atoms with Crippen molar-refractivity contribution in [3.05, 3.63) is 66.1 Å². The fraction of sp³-hybridized carbons (Fsp3) is 0.382. The molecule has 2 aliphatic heterocycles. The number of nitriles is 1. The van der Waals surface area contributed by atoms with Crippen LogP contribution in [0, 0.1) is 24.1 Å². The average molecular weight is 648 g/mol. The predicted molar refractivity (Wildman–Crippen MR) is 170 cm³/mol. The molecule has 0 spiro atoms. The van der Waals surface area contributed by atoms with Gasteiger partial charge in [-0.2, -0.15) is 15.2 Å². The molecule has 13 heteroatoms. The highest BCUT2D eigenvalue weighted by atomic mass is 19.3. The monoisotopic (exact) mass is 647 g/mol. The maximum atomic E-state index is 16.7. The molecular weight excluding hydrogens is 614 g/mol. The van der Waals surface area contributed by atoms with Crippen molar-refractivity contribution < 1.29 is 27.1 Å². The second-order valence-corrected chi connectivity index (χ2v) is 12.0. The number of likely N-dealkylation sites (tertiary alicyclic amines) is 1. The summed E-state index contributed by atoms with van der Waals surface area (Å²) in [6, 6.07) is 12.1. The lowest BCUT2D eigenvalue weighted by Crippen LogP contribution is -2.55. The number of pyridine rings is 1. The van der Waals surface area contributed by atoms with Crippen molar-refractivity contribution >= 4 is 33.4 Å². The van der Waals surface area contributed by atoms with Crippen LogP contribution in [-0.4, -0.2) is 95.2 Å². The number of hydrogen-bond donors (Lipinski definition) is 0. The van der Waals surface area contributed by atoms with E-state index in [-0.39, 0.29) is 61.1 Å². The Morgan fingerprint density at radius 3 is 2.68 bits per heavy atom. The number of fused-ring (bicyclic) bond motifs is 2. The van der Waals surface area contributed by atoms with Gasteiger partial charge in [-0.1, -0.05) is 36.4 Å². The van der Waals surface area contributed by atoms with Gasteiger partial charge in [-0.15, -0.1) is 0 Å². The Bertz CT molecular complexity index is 1890. The molecule has 244 valence electrons. The van der Waals surface area contributed by atoms with E-state index in [1.54, 1.807) is 18.0 Å². The number of amides is 1. The minimum absolute atomic E-state index is 0.00248. The van der Waals surface area contributed by atoms with E-state index in [1.807, 2.05) is 37.3 Å². The van der Waals surface area contributed by atoms with Crippen LogP contribution >= 0.6 is 0 Å². The lowest BCUT2D eigenvalue weighted by molar-refractivity contribution is -0.128. The summed E-state index contributed by atoms with van der Waals surface area (Å²) in [6.07, 6.45) is 3.36. The number of allylic oxidation sites excluding steroid dienone is 1. The Balaban J connectivity index is 1.43. The van der Waals surface area contributed by atoms with Gasteiger partial charge in [-0.3, -0.25) is 14.7 Å². The van der Waals surface area contributed by atoms with Crippen LogP contribution in [0.25, 0.3) is 32.9 Å². The van der Waals surface area contributed by atoms with Gasteiger partial charge in [0, 0.05) is 49.9 Å². The van der Waals surface area contributed by atoms with Gasteiger partial charge in [0.1, 0.15) is 30.3 Å². The third-order valence-corrected chi connectivity index (χ3v) is 8.80. The van der Waals surface area contributed by atoms with Gasteiger partial charge in [-0.25, -0.2) is 17.6 Å². The summed E-state index contributed by atoms with van der Waals surface area (Å²) in [5, 5.41) is 11.6. The molecule has 0 bridgehead atoms. The van der Waals surface area contributed by atoms with Crippen molar-refractivity contribution in [3.63, 3.8) is 0 Å². The molecule has 2 fully saturated rings. The number of aromatic nitrogens is 3. The van der Waals surface area contributed by atoms with Gasteiger partial charge in [0.25, 0.3) is 5.92 Å². The lowest BCUT2D eigenvalue weighted by Gasteiger charge is -2.41. The van der Waals surface area contributed by atoms with Gasteiger partial charge in [0.2, 0.25) is 5.91 Å². The molecule has 9 nitrogen and oxygen atoms in total. The first-order valence-electron chi connectivity index (χ1n) is 15.3. The molecule has 0 aliphatic carbocycles. The molecule has 2 saturated heterocycles. The van der Waals surface area contributed by atoms with Crippen molar-refractivity contribution in [2.75, 3.05) is 51.4 Å². The number of anilines is 1. The topological polar surface area (TPSA) is 98.5 Å². The van der Waals surface area contributed by atoms with Crippen LogP contribution in [-0.2, 0) is 4.79 Å². The van der Waals surface area contributed by atoms with Gasteiger partial charge in [-0.05, 0) is 36.4 Å². The Labute approximate surface area is 269 Å². The maximum absolute atomic E-state index is 16.7. The van der Waals surface area contributed by atoms with Crippen molar-refractivity contribution in [1.82, 2.24) is 24.8 Å². The number of carbonyl (C=O) groups excluding carboxylic acids is 1. The second-order valence-electron chi connectivity index (χ2n) is 12.0. The van der Waals surface area contributed by atoms with Crippen molar-refractivity contribution in [2.45, 2.75) is 37.8 Å². The number of nitrogens with zero attached hydrogens (tertiary/aromatic N) is 7. The summed E-state index contributed by atoms with van der Waals surface area (Å²) in [4.78, 5) is 31.1. The molecule has 0 N–H and O–H groups in total. The molecule has 2 atom stereocenters. The molecule has 2 aromatic heterocycles. The highest BCUT2D eigenvalue weighted by Crippen LogP contribution is 2.37. The van der Waals surface area contributed by atoms with E-state index in [2.05, 4.69) is 21.0 Å². The molecular formula is C34H33F4N7O2. The molecule has 4 heterocycles.